The summed E-state index contributed by atoms with van der Waals surface area (Å²) in [5.74, 6) is 0. The lowest BCUT2D eigenvalue weighted by Crippen LogP contribution is -2.68. The van der Waals surface area contributed by atoms with E-state index in [4.69, 9.17) is 5.11 Å². The van der Waals surface area contributed by atoms with Gasteiger partial charge in [0.15, 0.2) is 5.54 Å². The highest BCUT2D eigenvalue weighted by Gasteiger charge is 2.45. The van der Waals surface area contributed by atoms with Gasteiger partial charge in [-0.15, -0.1) is 0 Å². The van der Waals surface area contributed by atoms with Gasteiger partial charge in [-0.3, -0.25) is 0 Å². The number of rotatable bonds is 7. The van der Waals surface area contributed by atoms with Gasteiger partial charge in [-0.2, -0.15) is 0 Å². The Morgan fingerprint density at radius 1 is 1.00 bits per heavy atom. The van der Waals surface area contributed by atoms with E-state index in [9.17, 15) is 20.4 Å². The molecule has 1 atom stereocenters. The summed E-state index contributed by atoms with van der Waals surface area (Å²) in [7, 11) is 3.34. The van der Waals surface area contributed by atoms with E-state index in [0.717, 1.165) is 0 Å². The topological polar surface area (TPSA) is 101 Å². The van der Waals surface area contributed by atoms with Crippen LogP contribution in [0.25, 0.3) is 0 Å². The van der Waals surface area contributed by atoms with Crippen LogP contribution >= 0.6 is 0 Å². The molecule has 0 aliphatic rings. The summed E-state index contributed by atoms with van der Waals surface area (Å²) in [4.78, 5) is 0. The largest absolute Gasteiger partial charge is 0.393 e. The number of aliphatic hydroxyl groups is 5. The minimum absolute atomic E-state index is 0.0260. The molecule has 0 rings (SSSR count). The van der Waals surface area contributed by atoms with E-state index in [0.29, 0.717) is 0 Å². The summed E-state index contributed by atoms with van der Waals surface area (Å²) in [6, 6.07) is 0. The zero-order valence-corrected chi connectivity index (χ0v) is 9.30. The van der Waals surface area contributed by atoms with E-state index in [-0.39, 0.29) is 17.6 Å². The molecule has 0 saturated carbocycles. The van der Waals surface area contributed by atoms with Gasteiger partial charge in [0.05, 0.1) is 20.7 Å². The monoisotopic (exact) mass is 224 g/mol. The van der Waals surface area contributed by atoms with Crippen LogP contribution in [-0.4, -0.2) is 88.7 Å². The molecular weight excluding hydrogens is 202 g/mol. The Kier molecular flexibility index (Phi) is 5.65. The van der Waals surface area contributed by atoms with Gasteiger partial charge in [-0.05, 0) is 0 Å². The van der Waals surface area contributed by atoms with Crippen LogP contribution in [0.1, 0.15) is 0 Å². The van der Waals surface area contributed by atoms with Crippen molar-refractivity contribution in [1.82, 2.24) is 0 Å². The van der Waals surface area contributed by atoms with Crippen molar-refractivity contribution in [3.63, 3.8) is 0 Å². The minimum Gasteiger partial charge on any atom is -0.393 e. The van der Waals surface area contributed by atoms with Gasteiger partial charge in [0.1, 0.15) is 32.5 Å². The van der Waals surface area contributed by atoms with Gasteiger partial charge >= 0.3 is 0 Å². The van der Waals surface area contributed by atoms with Crippen molar-refractivity contribution in [2.45, 2.75) is 11.6 Å². The number of aliphatic hydroxyl groups excluding tert-OH is 5. The van der Waals surface area contributed by atoms with Crippen LogP contribution in [0, 0.1) is 0 Å². The van der Waals surface area contributed by atoms with Gasteiger partial charge in [-0.25, -0.2) is 0 Å². The lowest BCUT2D eigenvalue weighted by Gasteiger charge is -2.46. The predicted octanol–water partition coefficient (Wildman–Crippen LogP) is -2.87. The number of likely N-dealkylation sites (N-methyl/N-ethyl adjacent to an activating group) is 1. The quantitative estimate of drug-likeness (QED) is 0.299. The molecule has 0 aliphatic carbocycles. The van der Waals surface area contributed by atoms with E-state index in [2.05, 4.69) is 0 Å². The highest BCUT2D eigenvalue weighted by atomic mass is 16.3. The van der Waals surface area contributed by atoms with Gasteiger partial charge < -0.3 is 30.0 Å². The Balaban J connectivity index is 4.77. The standard InChI is InChI=1S/C9H22NO5/c1-10(2,3-8(15)4-11)9(5-12,6-13)7-14/h8,11-15H,3-7H2,1-2H3/q+1. The average molecular weight is 224 g/mol. The predicted molar refractivity (Wildman–Crippen MR) is 54.1 cm³/mol. The molecule has 6 nitrogen and oxygen atoms in total. The molecule has 15 heavy (non-hydrogen) atoms. The fourth-order valence-electron chi connectivity index (χ4n) is 1.50. The third kappa shape index (κ3) is 3.10. The summed E-state index contributed by atoms with van der Waals surface area (Å²) in [5, 5.41) is 45.7. The van der Waals surface area contributed by atoms with E-state index in [1.54, 1.807) is 14.1 Å². The Bertz CT molecular complexity index is 173. The van der Waals surface area contributed by atoms with Gasteiger partial charge in [0.2, 0.25) is 0 Å². The van der Waals surface area contributed by atoms with E-state index >= 15 is 0 Å². The van der Waals surface area contributed by atoms with Crippen LogP contribution in [0.15, 0.2) is 0 Å². The fraction of sp³-hybridized carbons (Fsp3) is 1.00. The molecular formula is C9H22NO5+. The van der Waals surface area contributed by atoms with Crippen LogP contribution < -0.4 is 0 Å². The molecule has 92 valence electrons. The molecule has 1 unspecified atom stereocenters. The van der Waals surface area contributed by atoms with Crippen molar-refractivity contribution < 1.29 is 30.0 Å². The van der Waals surface area contributed by atoms with Gasteiger partial charge in [-0.1, -0.05) is 0 Å². The third-order valence-electron chi connectivity index (χ3n) is 3.04. The molecule has 0 saturated heterocycles. The second-order valence-electron chi connectivity index (χ2n) is 4.40. The maximum Gasteiger partial charge on any atom is 0.169 e. The van der Waals surface area contributed by atoms with Gasteiger partial charge in [0.25, 0.3) is 0 Å². The van der Waals surface area contributed by atoms with Crippen LogP contribution in [-0.2, 0) is 0 Å². The number of hydrogen-bond acceptors (Lipinski definition) is 5. The van der Waals surface area contributed by atoms with Crippen LogP contribution in [0.3, 0.4) is 0 Å². The third-order valence-corrected chi connectivity index (χ3v) is 3.04. The zero-order valence-electron chi connectivity index (χ0n) is 9.30. The molecule has 0 radical (unpaired) electrons. The van der Waals surface area contributed by atoms with Gasteiger partial charge in [0, 0.05) is 0 Å². The first-order valence-corrected chi connectivity index (χ1v) is 4.83. The molecule has 0 spiro atoms. The fourth-order valence-corrected chi connectivity index (χ4v) is 1.50. The molecule has 0 aromatic heterocycles. The summed E-state index contributed by atoms with van der Waals surface area (Å²) >= 11 is 0. The highest BCUT2D eigenvalue weighted by molar-refractivity contribution is 4.79. The average Bonchev–Trinajstić information content (AvgIpc) is 2.20. The molecule has 0 bridgehead atoms. The Morgan fingerprint density at radius 3 is 1.67 bits per heavy atom. The molecule has 5 N–H and O–H groups in total. The normalized spacial score (nSPS) is 15.4. The van der Waals surface area contributed by atoms with E-state index < -0.39 is 31.5 Å². The van der Waals surface area contributed by atoms with Crippen molar-refractivity contribution in [2.75, 3.05) is 47.1 Å². The van der Waals surface area contributed by atoms with Crippen LogP contribution in [0.5, 0.6) is 0 Å². The maximum absolute atomic E-state index is 9.33. The van der Waals surface area contributed by atoms with E-state index in [1.807, 2.05) is 0 Å². The summed E-state index contributed by atoms with van der Waals surface area (Å²) in [5.41, 5.74) is -1.11. The van der Waals surface area contributed by atoms with Crippen molar-refractivity contribution in [2.24, 2.45) is 0 Å². The second-order valence-corrected chi connectivity index (χ2v) is 4.40. The molecule has 0 amide bonds. The van der Waals surface area contributed by atoms with Crippen LogP contribution in [0.4, 0.5) is 0 Å². The minimum atomic E-state index is -1.11. The van der Waals surface area contributed by atoms with Crippen molar-refractivity contribution in [3.8, 4) is 0 Å². The lowest BCUT2D eigenvalue weighted by molar-refractivity contribution is -0.946. The Labute approximate surface area is 89.6 Å². The molecule has 0 heterocycles. The zero-order chi connectivity index (χ0) is 12.1. The maximum atomic E-state index is 9.33. The second kappa shape index (κ2) is 5.74. The lowest BCUT2D eigenvalue weighted by atomic mass is 9.97. The first-order valence-electron chi connectivity index (χ1n) is 4.83. The first kappa shape index (κ1) is 14.8. The summed E-state index contributed by atoms with van der Waals surface area (Å²) in [6.07, 6.45) is -0.941. The number of hydrogen-bond donors (Lipinski definition) is 5. The van der Waals surface area contributed by atoms with Crippen molar-refractivity contribution in [1.29, 1.82) is 0 Å². The number of nitrogens with zero attached hydrogens (tertiary/aromatic N) is 1. The van der Waals surface area contributed by atoms with Crippen molar-refractivity contribution >= 4 is 0 Å². The Hall–Kier alpha value is -0.240. The molecule has 0 aromatic carbocycles. The first-order chi connectivity index (χ1) is 6.89. The molecule has 0 aromatic rings. The molecule has 6 heteroatoms. The Morgan fingerprint density at radius 2 is 1.40 bits per heavy atom. The smallest absolute Gasteiger partial charge is 0.169 e. The highest BCUT2D eigenvalue weighted by Crippen LogP contribution is 2.20. The summed E-state index contributed by atoms with van der Waals surface area (Å²) < 4.78 is 0.0260. The van der Waals surface area contributed by atoms with E-state index in [1.165, 1.54) is 0 Å². The SMILES string of the molecule is C[N+](C)(CC(O)CO)C(CO)(CO)CO. The van der Waals surface area contributed by atoms with Crippen molar-refractivity contribution in [3.05, 3.63) is 0 Å². The summed E-state index contributed by atoms with van der Waals surface area (Å²) in [6.45, 7) is -1.44. The molecule has 0 fully saturated rings. The molecule has 0 aliphatic heterocycles. The number of quaternary nitrogens is 1. The van der Waals surface area contributed by atoms with Crippen LogP contribution in [0.2, 0.25) is 0 Å².